The molecule has 1 unspecified atom stereocenters. The first-order valence-corrected chi connectivity index (χ1v) is 7.78. The number of rotatable bonds is 3. The standard InChI is InChI=1S/C19H21NO4/c1-19(2)11-23-16-10-13(12-5-4-6-14(9-12)22-3)7-8-15(16)17(19)24-18(20)21/h4-10,17H,11H2,1-3H3,(H2,20,21). The van der Waals surface area contributed by atoms with E-state index in [0.29, 0.717) is 12.4 Å². The van der Waals surface area contributed by atoms with E-state index in [0.717, 1.165) is 22.4 Å². The molecule has 0 spiro atoms. The molecule has 1 heterocycles. The van der Waals surface area contributed by atoms with E-state index in [1.165, 1.54) is 0 Å². The van der Waals surface area contributed by atoms with Crippen LogP contribution in [0.4, 0.5) is 4.79 Å². The normalized spacial score (nSPS) is 18.2. The third kappa shape index (κ3) is 3.02. The van der Waals surface area contributed by atoms with Crippen molar-refractivity contribution < 1.29 is 19.0 Å². The lowest BCUT2D eigenvalue weighted by Gasteiger charge is -2.38. The number of nitrogens with two attached hydrogens (primary N) is 1. The maximum Gasteiger partial charge on any atom is 0.405 e. The van der Waals surface area contributed by atoms with Crippen LogP contribution in [0, 0.1) is 5.41 Å². The van der Waals surface area contributed by atoms with Crippen molar-refractivity contribution in [2.75, 3.05) is 13.7 Å². The molecule has 2 N–H and O–H groups in total. The fourth-order valence-electron chi connectivity index (χ4n) is 2.96. The van der Waals surface area contributed by atoms with Gasteiger partial charge in [0.15, 0.2) is 0 Å². The van der Waals surface area contributed by atoms with E-state index in [-0.39, 0.29) is 5.41 Å². The second-order valence-electron chi connectivity index (χ2n) is 6.58. The second kappa shape index (κ2) is 6.07. The highest BCUT2D eigenvalue weighted by molar-refractivity contribution is 5.69. The minimum Gasteiger partial charge on any atom is -0.497 e. The van der Waals surface area contributed by atoms with Crippen LogP contribution in [0.25, 0.3) is 11.1 Å². The summed E-state index contributed by atoms with van der Waals surface area (Å²) in [4.78, 5) is 11.3. The molecule has 0 bridgehead atoms. The Bertz CT molecular complexity index is 770. The molecule has 1 aliphatic rings. The number of methoxy groups -OCH3 is 1. The molecule has 5 nitrogen and oxygen atoms in total. The zero-order valence-electron chi connectivity index (χ0n) is 14.0. The number of benzene rings is 2. The van der Waals surface area contributed by atoms with Crippen molar-refractivity contribution in [2.24, 2.45) is 11.1 Å². The number of fused-ring (bicyclic) bond motifs is 1. The Morgan fingerprint density at radius 2 is 1.96 bits per heavy atom. The summed E-state index contributed by atoms with van der Waals surface area (Å²) >= 11 is 0. The maximum atomic E-state index is 11.3. The van der Waals surface area contributed by atoms with E-state index in [2.05, 4.69) is 0 Å². The average Bonchev–Trinajstić information content (AvgIpc) is 2.57. The number of carbonyl (C=O) groups excluding carboxylic acids is 1. The van der Waals surface area contributed by atoms with E-state index in [1.54, 1.807) is 7.11 Å². The lowest BCUT2D eigenvalue weighted by atomic mass is 9.80. The molecule has 0 saturated carbocycles. The molecule has 24 heavy (non-hydrogen) atoms. The maximum absolute atomic E-state index is 11.3. The molecular formula is C19H21NO4. The first-order valence-electron chi connectivity index (χ1n) is 7.78. The van der Waals surface area contributed by atoms with E-state index < -0.39 is 12.2 Å². The second-order valence-corrected chi connectivity index (χ2v) is 6.58. The number of amides is 1. The SMILES string of the molecule is COc1cccc(-c2ccc3c(c2)OCC(C)(C)C3OC(N)=O)c1. The Labute approximate surface area is 141 Å². The topological polar surface area (TPSA) is 70.8 Å². The van der Waals surface area contributed by atoms with Gasteiger partial charge in [-0.1, -0.05) is 38.1 Å². The van der Waals surface area contributed by atoms with Gasteiger partial charge in [0, 0.05) is 11.0 Å². The van der Waals surface area contributed by atoms with E-state index in [9.17, 15) is 4.79 Å². The van der Waals surface area contributed by atoms with Gasteiger partial charge in [0.25, 0.3) is 0 Å². The molecule has 0 aliphatic carbocycles. The molecule has 5 heteroatoms. The van der Waals surface area contributed by atoms with Crippen LogP contribution < -0.4 is 15.2 Å². The van der Waals surface area contributed by atoms with Crippen LogP contribution in [0.3, 0.4) is 0 Å². The Morgan fingerprint density at radius 1 is 1.21 bits per heavy atom. The first-order chi connectivity index (χ1) is 11.4. The summed E-state index contributed by atoms with van der Waals surface area (Å²) in [6, 6.07) is 13.7. The number of hydrogen-bond donors (Lipinski definition) is 1. The van der Waals surface area contributed by atoms with Crippen molar-refractivity contribution in [3.63, 3.8) is 0 Å². The van der Waals surface area contributed by atoms with Crippen LogP contribution in [0.1, 0.15) is 25.5 Å². The fraction of sp³-hybridized carbons (Fsp3) is 0.316. The summed E-state index contributed by atoms with van der Waals surface area (Å²) in [6.07, 6.45) is -1.21. The van der Waals surface area contributed by atoms with Crippen LogP contribution in [0.15, 0.2) is 42.5 Å². The predicted octanol–water partition coefficient (Wildman–Crippen LogP) is 3.92. The average molecular weight is 327 g/mol. The number of ether oxygens (including phenoxy) is 3. The minimum absolute atomic E-state index is 0.348. The van der Waals surface area contributed by atoms with Crippen molar-refractivity contribution in [2.45, 2.75) is 20.0 Å². The van der Waals surface area contributed by atoms with Gasteiger partial charge in [0.05, 0.1) is 13.7 Å². The monoisotopic (exact) mass is 327 g/mol. The van der Waals surface area contributed by atoms with Crippen molar-refractivity contribution in [3.05, 3.63) is 48.0 Å². The minimum atomic E-state index is -0.780. The van der Waals surface area contributed by atoms with Gasteiger partial charge in [0.1, 0.15) is 17.6 Å². The highest BCUT2D eigenvalue weighted by Crippen LogP contribution is 2.46. The Balaban J connectivity index is 2.00. The van der Waals surface area contributed by atoms with Crippen molar-refractivity contribution >= 4 is 6.09 Å². The van der Waals surface area contributed by atoms with Gasteiger partial charge in [-0.2, -0.15) is 0 Å². The molecule has 2 aromatic carbocycles. The molecule has 3 rings (SSSR count). The zero-order chi connectivity index (χ0) is 17.3. The lowest BCUT2D eigenvalue weighted by molar-refractivity contribution is -0.0176. The molecule has 0 saturated heterocycles. The largest absolute Gasteiger partial charge is 0.497 e. The van der Waals surface area contributed by atoms with Gasteiger partial charge >= 0.3 is 6.09 Å². The van der Waals surface area contributed by atoms with Gasteiger partial charge in [-0.3, -0.25) is 0 Å². The lowest BCUT2D eigenvalue weighted by Crippen LogP contribution is -2.37. The van der Waals surface area contributed by atoms with Gasteiger partial charge in [0.2, 0.25) is 0 Å². The third-order valence-corrected chi connectivity index (χ3v) is 4.24. The zero-order valence-corrected chi connectivity index (χ0v) is 14.0. The summed E-state index contributed by atoms with van der Waals surface area (Å²) in [5.41, 5.74) is 7.75. The van der Waals surface area contributed by atoms with E-state index in [4.69, 9.17) is 19.9 Å². The molecule has 126 valence electrons. The summed E-state index contributed by atoms with van der Waals surface area (Å²) in [5.74, 6) is 1.50. The molecule has 0 fully saturated rings. The molecule has 0 radical (unpaired) electrons. The van der Waals surface area contributed by atoms with Gasteiger partial charge in [-0.15, -0.1) is 0 Å². The van der Waals surface area contributed by atoms with E-state index >= 15 is 0 Å². The molecule has 1 atom stereocenters. The third-order valence-electron chi connectivity index (χ3n) is 4.24. The summed E-state index contributed by atoms with van der Waals surface area (Å²) in [5, 5.41) is 0. The molecule has 2 aromatic rings. The summed E-state index contributed by atoms with van der Waals surface area (Å²) in [6.45, 7) is 4.42. The van der Waals surface area contributed by atoms with Crippen molar-refractivity contribution in [1.29, 1.82) is 0 Å². The molecular weight excluding hydrogens is 306 g/mol. The van der Waals surface area contributed by atoms with Gasteiger partial charge < -0.3 is 19.9 Å². The van der Waals surface area contributed by atoms with Crippen molar-refractivity contribution in [1.82, 2.24) is 0 Å². The number of carbonyl (C=O) groups is 1. The van der Waals surface area contributed by atoms with Gasteiger partial charge in [-0.05, 0) is 29.3 Å². The molecule has 1 amide bonds. The smallest absolute Gasteiger partial charge is 0.405 e. The predicted molar refractivity (Wildman–Crippen MR) is 91.1 cm³/mol. The molecule has 0 aromatic heterocycles. The van der Waals surface area contributed by atoms with Crippen LogP contribution in [-0.4, -0.2) is 19.8 Å². The highest BCUT2D eigenvalue weighted by Gasteiger charge is 2.40. The Hall–Kier alpha value is -2.69. The van der Waals surface area contributed by atoms with Crippen LogP contribution in [0.5, 0.6) is 11.5 Å². The number of hydrogen-bond acceptors (Lipinski definition) is 4. The van der Waals surface area contributed by atoms with E-state index in [1.807, 2.05) is 56.3 Å². The summed E-state index contributed by atoms with van der Waals surface area (Å²) < 4.78 is 16.5. The van der Waals surface area contributed by atoms with Crippen LogP contribution in [0.2, 0.25) is 0 Å². The highest BCUT2D eigenvalue weighted by atomic mass is 16.6. The van der Waals surface area contributed by atoms with Crippen molar-refractivity contribution in [3.8, 4) is 22.6 Å². The Morgan fingerprint density at radius 3 is 2.67 bits per heavy atom. The van der Waals surface area contributed by atoms with Gasteiger partial charge in [-0.25, -0.2) is 4.79 Å². The van der Waals surface area contributed by atoms with Crippen LogP contribution in [-0.2, 0) is 4.74 Å². The van der Waals surface area contributed by atoms with Crippen LogP contribution >= 0.6 is 0 Å². The first kappa shape index (κ1) is 16.2. The quantitative estimate of drug-likeness (QED) is 0.927. The fourth-order valence-corrected chi connectivity index (χ4v) is 2.96. The number of primary amides is 1. The summed E-state index contributed by atoms with van der Waals surface area (Å²) in [7, 11) is 1.64. The Kier molecular flexibility index (Phi) is 4.09. The molecule has 1 aliphatic heterocycles.